The summed E-state index contributed by atoms with van der Waals surface area (Å²) in [5.74, 6) is 0. The van der Waals surface area contributed by atoms with Crippen LogP contribution in [0.15, 0.2) is 84.9 Å². The first-order valence-corrected chi connectivity index (χ1v) is 9.31. The Morgan fingerprint density at radius 1 is 0.346 bits per heavy atom. The fourth-order valence-corrected chi connectivity index (χ4v) is 4.82. The Balaban J connectivity index is 1.58. The summed E-state index contributed by atoms with van der Waals surface area (Å²) in [6.07, 6.45) is 2.08. The molecule has 0 fully saturated rings. The molecule has 0 radical (unpaired) electrons. The van der Waals surface area contributed by atoms with Gasteiger partial charge in [-0.3, -0.25) is 0 Å². The zero-order chi connectivity index (χ0) is 17.1. The van der Waals surface area contributed by atoms with Gasteiger partial charge in [0.1, 0.15) is 0 Å². The van der Waals surface area contributed by atoms with Gasteiger partial charge in [0.15, 0.2) is 0 Å². The van der Waals surface area contributed by atoms with Crippen molar-refractivity contribution in [3.8, 4) is 33.4 Å². The minimum Gasteiger partial charge on any atom is -0.0619 e. The molecule has 0 nitrogen and oxygen atoms in total. The number of hydrogen-bond donors (Lipinski definition) is 0. The first-order chi connectivity index (χ1) is 12.9. The minimum absolute atomic E-state index is 1.04. The third kappa shape index (κ3) is 1.84. The van der Waals surface area contributed by atoms with E-state index in [9.17, 15) is 0 Å². The average molecular weight is 330 g/mol. The van der Waals surface area contributed by atoms with Gasteiger partial charge in [0.2, 0.25) is 0 Å². The van der Waals surface area contributed by atoms with Crippen LogP contribution < -0.4 is 0 Å². The van der Waals surface area contributed by atoms with E-state index in [1.807, 2.05) is 0 Å². The van der Waals surface area contributed by atoms with E-state index in [1.54, 1.807) is 0 Å². The third-order valence-corrected chi connectivity index (χ3v) is 5.99. The second-order valence-electron chi connectivity index (χ2n) is 7.33. The highest BCUT2D eigenvalue weighted by Crippen LogP contribution is 2.46. The molecular weight excluding hydrogens is 312 g/mol. The molecule has 0 aromatic heterocycles. The Bertz CT molecular complexity index is 1090. The molecule has 0 spiro atoms. The van der Waals surface area contributed by atoms with Crippen LogP contribution in [0.2, 0.25) is 0 Å². The third-order valence-electron chi connectivity index (χ3n) is 5.99. The van der Waals surface area contributed by atoms with Crippen molar-refractivity contribution in [2.24, 2.45) is 0 Å². The van der Waals surface area contributed by atoms with Gasteiger partial charge in [-0.05, 0) is 68.5 Å². The van der Waals surface area contributed by atoms with Gasteiger partial charge in [-0.1, -0.05) is 84.9 Å². The van der Waals surface area contributed by atoms with E-state index in [0.29, 0.717) is 0 Å². The van der Waals surface area contributed by atoms with Crippen molar-refractivity contribution in [3.05, 3.63) is 107 Å². The lowest BCUT2D eigenvalue weighted by Gasteiger charge is -2.13. The van der Waals surface area contributed by atoms with Crippen LogP contribution in [-0.4, -0.2) is 0 Å². The second kappa shape index (κ2) is 5.19. The van der Waals surface area contributed by atoms with E-state index in [-0.39, 0.29) is 0 Å². The van der Waals surface area contributed by atoms with Gasteiger partial charge in [-0.2, -0.15) is 0 Å². The van der Waals surface area contributed by atoms with Crippen LogP contribution >= 0.6 is 0 Å². The molecule has 0 heteroatoms. The van der Waals surface area contributed by atoms with Gasteiger partial charge in [-0.25, -0.2) is 0 Å². The molecule has 4 aromatic rings. The molecule has 0 bridgehead atoms. The van der Waals surface area contributed by atoms with E-state index in [2.05, 4.69) is 84.9 Å². The molecule has 0 heterocycles. The van der Waals surface area contributed by atoms with Crippen LogP contribution in [0.5, 0.6) is 0 Å². The summed E-state index contributed by atoms with van der Waals surface area (Å²) in [7, 11) is 0. The maximum atomic E-state index is 2.31. The molecule has 0 aliphatic heterocycles. The Hall–Kier alpha value is -3.12. The summed E-state index contributed by atoms with van der Waals surface area (Å²) in [6.45, 7) is 0. The first kappa shape index (κ1) is 14.1. The maximum absolute atomic E-state index is 2.31. The smallest absolute Gasteiger partial charge is 0.000728 e. The SMILES string of the molecule is c1ccc2c(c1)Cc1c-2cccc1-c1cccc2c1Cc1ccccc1-2. The molecule has 0 saturated heterocycles. The van der Waals surface area contributed by atoms with Crippen molar-refractivity contribution in [2.45, 2.75) is 12.8 Å². The molecule has 0 N–H and O–H groups in total. The van der Waals surface area contributed by atoms with E-state index < -0.39 is 0 Å². The molecule has 2 aliphatic rings. The Kier molecular flexibility index (Phi) is 2.81. The average Bonchev–Trinajstić information content (AvgIpc) is 3.26. The van der Waals surface area contributed by atoms with Gasteiger partial charge in [0.25, 0.3) is 0 Å². The Morgan fingerprint density at radius 3 is 1.15 bits per heavy atom. The number of benzene rings is 4. The van der Waals surface area contributed by atoms with Crippen molar-refractivity contribution in [3.63, 3.8) is 0 Å². The quantitative estimate of drug-likeness (QED) is 0.323. The standard InChI is InChI=1S/C26H18/c1-3-9-19-17(7-1)15-25-21(19)11-5-13-23(25)24-14-6-12-22-20-10-4-2-8-18(20)16-26(22)24/h1-14H,15-16H2. The molecule has 4 aromatic carbocycles. The molecule has 0 saturated carbocycles. The summed E-state index contributed by atoms with van der Waals surface area (Å²) in [4.78, 5) is 0. The van der Waals surface area contributed by atoms with Gasteiger partial charge in [-0.15, -0.1) is 0 Å². The zero-order valence-electron chi connectivity index (χ0n) is 14.5. The van der Waals surface area contributed by atoms with E-state index >= 15 is 0 Å². The predicted octanol–water partition coefficient (Wildman–Crippen LogP) is 6.50. The number of rotatable bonds is 1. The lowest BCUT2D eigenvalue weighted by atomic mass is 9.90. The molecule has 0 atom stereocenters. The van der Waals surface area contributed by atoms with Crippen molar-refractivity contribution >= 4 is 0 Å². The molecule has 6 rings (SSSR count). The predicted molar refractivity (Wildman–Crippen MR) is 108 cm³/mol. The minimum atomic E-state index is 1.04. The number of hydrogen-bond acceptors (Lipinski definition) is 0. The van der Waals surface area contributed by atoms with Gasteiger partial charge >= 0.3 is 0 Å². The first-order valence-electron chi connectivity index (χ1n) is 9.31. The molecule has 0 unspecified atom stereocenters. The van der Waals surface area contributed by atoms with Crippen LogP contribution in [0.25, 0.3) is 33.4 Å². The fourth-order valence-electron chi connectivity index (χ4n) is 4.82. The zero-order valence-corrected chi connectivity index (χ0v) is 14.5. The van der Waals surface area contributed by atoms with Crippen molar-refractivity contribution in [1.82, 2.24) is 0 Å². The van der Waals surface area contributed by atoms with Crippen LogP contribution in [0.1, 0.15) is 22.3 Å². The Morgan fingerprint density at radius 2 is 0.692 bits per heavy atom. The topological polar surface area (TPSA) is 0 Å². The van der Waals surface area contributed by atoms with Gasteiger partial charge in [0.05, 0.1) is 0 Å². The molecule has 0 amide bonds. The molecule has 26 heavy (non-hydrogen) atoms. The Labute approximate surface area is 153 Å². The lowest BCUT2D eigenvalue weighted by molar-refractivity contribution is 1.24. The summed E-state index contributed by atoms with van der Waals surface area (Å²) in [5, 5.41) is 0. The monoisotopic (exact) mass is 330 g/mol. The van der Waals surface area contributed by atoms with E-state index in [0.717, 1.165) is 12.8 Å². The molecule has 2 aliphatic carbocycles. The fraction of sp³-hybridized carbons (Fsp3) is 0.0769. The van der Waals surface area contributed by atoms with Crippen LogP contribution in [0, 0.1) is 0 Å². The lowest BCUT2D eigenvalue weighted by Crippen LogP contribution is -1.92. The van der Waals surface area contributed by atoms with Gasteiger partial charge < -0.3 is 0 Å². The van der Waals surface area contributed by atoms with Crippen molar-refractivity contribution < 1.29 is 0 Å². The van der Waals surface area contributed by atoms with E-state index in [1.165, 1.54) is 55.6 Å². The van der Waals surface area contributed by atoms with Crippen LogP contribution in [0.4, 0.5) is 0 Å². The van der Waals surface area contributed by atoms with Crippen molar-refractivity contribution in [2.75, 3.05) is 0 Å². The second-order valence-corrected chi connectivity index (χ2v) is 7.33. The summed E-state index contributed by atoms with van der Waals surface area (Å²) < 4.78 is 0. The summed E-state index contributed by atoms with van der Waals surface area (Å²) >= 11 is 0. The van der Waals surface area contributed by atoms with Crippen molar-refractivity contribution in [1.29, 1.82) is 0 Å². The molecular formula is C26H18. The largest absolute Gasteiger partial charge is 0.0619 e. The summed E-state index contributed by atoms with van der Waals surface area (Å²) in [6, 6.07) is 31.3. The van der Waals surface area contributed by atoms with E-state index in [4.69, 9.17) is 0 Å². The highest BCUT2D eigenvalue weighted by atomic mass is 14.3. The highest BCUT2D eigenvalue weighted by molar-refractivity contribution is 5.90. The van der Waals surface area contributed by atoms with Gasteiger partial charge in [0, 0.05) is 0 Å². The number of fused-ring (bicyclic) bond motifs is 6. The normalized spacial score (nSPS) is 13.1. The maximum Gasteiger partial charge on any atom is -0.000728 e. The molecule has 122 valence electrons. The highest BCUT2D eigenvalue weighted by Gasteiger charge is 2.25. The van der Waals surface area contributed by atoms with Crippen LogP contribution in [0.3, 0.4) is 0 Å². The van der Waals surface area contributed by atoms with Crippen LogP contribution in [-0.2, 0) is 12.8 Å². The summed E-state index contributed by atoms with van der Waals surface area (Å²) in [5.41, 5.74) is 14.3.